The quantitative estimate of drug-likeness (QED) is 0.768. The Labute approximate surface area is 137 Å². The Hall–Kier alpha value is -1.90. The average Bonchev–Trinajstić information content (AvgIpc) is 2.41. The molecule has 0 atom stereocenters. The van der Waals surface area contributed by atoms with Crippen LogP contribution in [0.25, 0.3) is 0 Å². The van der Waals surface area contributed by atoms with Crippen LogP contribution in [0.3, 0.4) is 0 Å². The number of halogens is 3. The Balaban J connectivity index is 2.06. The summed E-state index contributed by atoms with van der Waals surface area (Å²) >= 11 is 0. The fraction of sp³-hybridized carbons (Fsp3) is 0.467. The van der Waals surface area contributed by atoms with Crippen molar-refractivity contribution in [2.45, 2.75) is 31.3 Å². The van der Waals surface area contributed by atoms with E-state index in [9.17, 15) is 31.2 Å². The number of nitrogens with zero attached hydrogens (tertiary/aromatic N) is 1. The van der Waals surface area contributed by atoms with Crippen molar-refractivity contribution in [1.29, 1.82) is 0 Å². The second-order valence-corrected chi connectivity index (χ2v) is 8.05. The van der Waals surface area contributed by atoms with E-state index in [-0.39, 0.29) is 12.3 Å². The lowest BCUT2D eigenvalue weighted by Gasteiger charge is -2.31. The largest absolute Gasteiger partial charge is 0.392 e. The molecule has 0 radical (unpaired) electrons. The highest BCUT2D eigenvalue weighted by molar-refractivity contribution is 7.89. The number of likely N-dealkylation sites (tertiary alicyclic amines) is 1. The SMILES string of the molecule is CS(=O)(=O)Cc1ccc(CN2C(=O)CC(C(F)(F)F)CC2=O)cc1. The van der Waals surface area contributed by atoms with E-state index in [2.05, 4.69) is 0 Å². The lowest BCUT2D eigenvalue weighted by molar-refractivity contribution is -0.193. The summed E-state index contributed by atoms with van der Waals surface area (Å²) in [5, 5.41) is 0. The molecule has 0 saturated carbocycles. The zero-order valence-electron chi connectivity index (χ0n) is 12.8. The van der Waals surface area contributed by atoms with Gasteiger partial charge in [0.1, 0.15) is 0 Å². The van der Waals surface area contributed by atoms with Crippen LogP contribution in [-0.2, 0) is 31.7 Å². The number of imide groups is 1. The van der Waals surface area contributed by atoms with E-state index in [1.807, 2.05) is 0 Å². The molecule has 9 heteroatoms. The molecular formula is C15H16F3NO4S. The lowest BCUT2D eigenvalue weighted by atomic mass is 9.94. The standard InChI is InChI=1S/C15H16F3NO4S/c1-24(22,23)9-11-4-2-10(3-5-11)8-19-13(20)6-12(7-14(19)21)15(16,17)18/h2-5,12H,6-9H2,1H3. The van der Waals surface area contributed by atoms with Crippen LogP contribution in [0.4, 0.5) is 13.2 Å². The maximum absolute atomic E-state index is 12.6. The minimum atomic E-state index is -4.56. The molecule has 0 bridgehead atoms. The van der Waals surface area contributed by atoms with Crippen LogP contribution in [-0.4, -0.2) is 37.6 Å². The molecule has 1 aliphatic heterocycles. The van der Waals surface area contributed by atoms with Crippen molar-refractivity contribution in [3.8, 4) is 0 Å². The Morgan fingerprint density at radius 2 is 1.50 bits per heavy atom. The van der Waals surface area contributed by atoms with Crippen LogP contribution < -0.4 is 0 Å². The highest BCUT2D eigenvalue weighted by Crippen LogP contribution is 2.35. The summed E-state index contributed by atoms with van der Waals surface area (Å²) in [5.41, 5.74) is 1.09. The molecular weight excluding hydrogens is 347 g/mol. The van der Waals surface area contributed by atoms with Crippen molar-refractivity contribution in [2.24, 2.45) is 5.92 Å². The monoisotopic (exact) mass is 363 g/mol. The van der Waals surface area contributed by atoms with Crippen molar-refractivity contribution in [2.75, 3.05) is 6.26 Å². The van der Waals surface area contributed by atoms with Crippen LogP contribution in [0.15, 0.2) is 24.3 Å². The van der Waals surface area contributed by atoms with E-state index in [1.165, 1.54) is 0 Å². The number of carbonyl (C=O) groups excluding carboxylic acids is 2. The molecule has 2 rings (SSSR count). The van der Waals surface area contributed by atoms with Crippen LogP contribution in [0.5, 0.6) is 0 Å². The normalized spacial score (nSPS) is 17.4. The average molecular weight is 363 g/mol. The summed E-state index contributed by atoms with van der Waals surface area (Å²) in [6.45, 7) is -0.124. The van der Waals surface area contributed by atoms with Crippen molar-refractivity contribution >= 4 is 21.7 Å². The molecule has 1 fully saturated rings. The van der Waals surface area contributed by atoms with Gasteiger partial charge in [0.05, 0.1) is 18.2 Å². The molecule has 24 heavy (non-hydrogen) atoms. The number of carbonyl (C=O) groups is 2. The van der Waals surface area contributed by atoms with Gasteiger partial charge in [0.25, 0.3) is 0 Å². The Morgan fingerprint density at radius 3 is 1.92 bits per heavy atom. The predicted molar refractivity (Wildman–Crippen MR) is 79.3 cm³/mol. The maximum atomic E-state index is 12.6. The van der Waals surface area contributed by atoms with E-state index < -0.39 is 46.6 Å². The number of rotatable bonds is 4. The summed E-state index contributed by atoms with van der Waals surface area (Å²) in [6.07, 6.45) is -4.93. The molecule has 0 aliphatic carbocycles. The number of hydrogen-bond acceptors (Lipinski definition) is 4. The van der Waals surface area contributed by atoms with E-state index in [0.29, 0.717) is 11.1 Å². The summed E-state index contributed by atoms with van der Waals surface area (Å²) < 4.78 is 60.4. The molecule has 5 nitrogen and oxygen atoms in total. The predicted octanol–water partition coefficient (Wildman–Crippen LogP) is 2.06. The number of amides is 2. The van der Waals surface area contributed by atoms with Crippen molar-refractivity contribution in [3.63, 3.8) is 0 Å². The van der Waals surface area contributed by atoms with E-state index in [4.69, 9.17) is 0 Å². The Kier molecular flexibility index (Phi) is 5.03. The minimum absolute atomic E-state index is 0.124. The third-order valence-electron chi connectivity index (χ3n) is 3.70. The minimum Gasteiger partial charge on any atom is -0.278 e. The Bertz CT molecular complexity index is 723. The molecule has 1 aliphatic rings. The molecule has 1 saturated heterocycles. The van der Waals surface area contributed by atoms with Gasteiger partial charge in [0.2, 0.25) is 11.8 Å². The van der Waals surface area contributed by atoms with Gasteiger partial charge < -0.3 is 0 Å². The van der Waals surface area contributed by atoms with Gasteiger partial charge >= 0.3 is 6.18 Å². The number of hydrogen-bond donors (Lipinski definition) is 0. The highest BCUT2D eigenvalue weighted by atomic mass is 32.2. The first-order chi connectivity index (χ1) is 11.0. The summed E-state index contributed by atoms with van der Waals surface area (Å²) in [5.74, 6) is -3.77. The van der Waals surface area contributed by atoms with Crippen LogP contribution in [0, 0.1) is 5.92 Å². The van der Waals surface area contributed by atoms with Gasteiger partial charge in [-0.05, 0) is 11.1 Å². The third-order valence-corrected chi connectivity index (χ3v) is 4.56. The molecule has 1 aromatic rings. The van der Waals surface area contributed by atoms with Gasteiger partial charge in [-0.25, -0.2) is 8.42 Å². The zero-order chi connectivity index (χ0) is 18.1. The van der Waals surface area contributed by atoms with E-state index in [1.54, 1.807) is 24.3 Å². The van der Waals surface area contributed by atoms with Crippen LogP contribution in [0.2, 0.25) is 0 Å². The van der Waals surface area contributed by atoms with Gasteiger partial charge in [-0.15, -0.1) is 0 Å². The molecule has 1 aromatic carbocycles. The van der Waals surface area contributed by atoms with Crippen molar-refractivity contribution < 1.29 is 31.2 Å². The molecule has 0 unspecified atom stereocenters. The molecule has 1 heterocycles. The van der Waals surface area contributed by atoms with Crippen molar-refractivity contribution in [1.82, 2.24) is 4.90 Å². The Morgan fingerprint density at radius 1 is 1.04 bits per heavy atom. The summed E-state index contributed by atoms with van der Waals surface area (Å²) in [6, 6.07) is 6.20. The lowest BCUT2D eigenvalue weighted by Crippen LogP contribution is -2.46. The number of piperidine rings is 1. The fourth-order valence-electron chi connectivity index (χ4n) is 2.49. The van der Waals surface area contributed by atoms with Gasteiger partial charge in [-0.3, -0.25) is 14.5 Å². The first kappa shape index (κ1) is 18.4. The number of alkyl halides is 3. The van der Waals surface area contributed by atoms with Gasteiger partial charge in [-0.1, -0.05) is 24.3 Å². The number of sulfone groups is 1. The van der Waals surface area contributed by atoms with Gasteiger partial charge in [-0.2, -0.15) is 13.2 Å². The summed E-state index contributed by atoms with van der Waals surface area (Å²) in [4.78, 5) is 24.5. The third kappa shape index (κ3) is 4.80. The molecule has 0 N–H and O–H groups in total. The van der Waals surface area contributed by atoms with Crippen molar-refractivity contribution in [3.05, 3.63) is 35.4 Å². The highest BCUT2D eigenvalue weighted by Gasteiger charge is 2.47. The maximum Gasteiger partial charge on any atom is 0.392 e. The smallest absolute Gasteiger partial charge is 0.278 e. The fourth-order valence-corrected chi connectivity index (χ4v) is 3.29. The molecule has 132 valence electrons. The second kappa shape index (κ2) is 6.54. The topological polar surface area (TPSA) is 71.5 Å². The summed E-state index contributed by atoms with van der Waals surface area (Å²) in [7, 11) is -3.18. The van der Waals surface area contributed by atoms with Crippen LogP contribution in [0.1, 0.15) is 24.0 Å². The zero-order valence-corrected chi connectivity index (χ0v) is 13.7. The first-order valence-corrected chi connectivity index (χ1v) is 9.17. The van der Waals surface area contributed by atoms with Gasteiger partial charge in [0, 0.05) is 19.1 Å². The molecule has 0 aromatic heterocycles. The second-order valence-electron chi connectivity index (χ2n) is 5.91. The molecule has 2 amide bonds. The number of benzene rings is 1. The molecule has 0 spiro atoms. The van der Waals surface area contributed by atoms with Crippen LogP contribution >= 0.6 is 0 Å². The van der Waals surface area contributed by atoms with E-state index >= 15 is 0 Å². The van der Waals surface area contributed by atoms with E-state index in [0.717, 1.165) is 11.2 Å². The van der Waals surface area contributed by atoms with Gasteiger partial charge in [0.15, 0.2) is 9.84 Å². The first-order valence-electron chi connectivity index (χ1n) is 7.11.